The summed E-state index contributed by atoms with van der Waals surface area (Å²) in [6.45, 7) is 13.0. The Morgan fingerprint density at radius 2 is 1.23 bits per heavy atom. The van der Waals surface area contributed by atoms with Gasteiger partial charge >= 0.3 is 12.2 Å². The lowest BCUT2D eigenvalue weighted by molar-refractivity contribution is -0.123. The van der Waals surface area contributed by atoms with Crippen molar-refractivity contribution in [3.63, 3.8) is 0 Å². The van der Waals surface area contributed by atoms with E-state index in [4.69, 9.17) is 4.79 Å². The predicted octanol–water partition coefficient (Wildman–Crippen LogP) is 6.05. The molecular formula is C38H56N8O6. The Labute approximate surface area is 307 Å². The van der Waals surface area contributed by atoms with E-state index in [1.54, 1.807) is 13.1 Å². The lowest BCUT2D eigenvalue weighted by Crippen LogP contribution is -2.46. The van der Waals surface area contributed by atoms with Gasteiger partial charge in [0.2, 0.25) is 5.91 Å². The molecule has 284 valence electrons. The van der Waals surface area contributed by atoms with E-state index >= 15 is 0 Å². The van der Waals surface area contributed by atoms with E-state index in [1.807, 2.05) is 33.9 Å². The zero-order chi connectivity index (χ0) is 39.1. The molecule has 52 heavy (non-hydrogen) atoms. The molecule has 2 unspecified atom stereocenters. The Morgan fingerprint density at radius 3 is 1.63 bits per heavy atom. The minimum absolute atomic E-state index is 0.0728. The number of ether oxygens (including phenoxy) is 2. The Balaban J connectivity index is 0.000000896. The van der Waals surface area contributed by atoms with E-state index in [1.165, 1.54) is 27.7 Å². The fraction of sp³-hybridized carbons (Fsp3) is 0.421. The van der Waals surface area contributed by atoms with Crippen LogP contribution < -0.4 is 21.3 Å². The third-order valence-corrected chi connectivity index (χ3v) is 7.50. The van der Waals surface area contributed by atoms with Crippen LogP contribution in [0.25, 0.3) is 33.6 Å². The van der Waals surface area contributed by atoms with Gasteiger partial charge in [-0.15, -0.1) is 0 Å². The number of hydrogen-bond donors (Lipinski definition) is 6. The Hall–Kier alpha value is -5.50. The van der Waals surface area contributed by atoms with Gasteiger partial charge in [0.15, 0.2) is 0 Å². The number of benzene rings is 2. The predicted molar refractivity (Wildman–Crippen MR) is 205 cm³/mol. The smallest absolute Gasteiger partial charge is 0.407 e. The van der Waals surface area contributed by atoms with E-state index < -0.39 is 18.2 Å². The molecular weight excluding hydrogens is 664 g/mol. The fourth-order valence-electron chi connectivity index (χ4n) is 4.68. The fourth-order valence-corrected chi connectivity index (χ4v) is 4.68. The van der Waals surface area contributed by atoms with Crippen molar-refractivity contribution >= 4 is 24.9 Å². The Morgan fingerprint density at radius 1 is 0.731 bits per heavy atom. The molecule has 0 spiro atoms. The molecule has 0 radical (unpaired) electrons. The number of aromatic amines is 2. The number of hydrogen-bond acceptors (Lipinski definition) is 9. The summed E-state index contributed by atoms with van der Waals surface area (Å²) in [6.07, 6.45) is 5.84. The molecule has 0 fully saturated rings. The number of amides is 3. The summed E-state index contributed by atoms with van der Waals surface area (Å²) in [6, 6.07) is 15.6. The summed E-state index contributed by atoms with van der Waals surface area (Å²) >= 11 is 0. The monoisotopic (exact) mass is 720 g/mol. The average Bonchev–Trinajstić information content (AvgIpc) is 3.86. The summed E-state index contributed by atoms with van der Waals surface area (Å²) in [5, 5.41) is 10.7. The highest BCUT2D eigenvalue weighted by Gasteiger charge is 2.25. The van der Waals surface area contributed by atoms with E-state index in [2.05, 4.69) is 113 Å². The number of aromatic nitrogens is 4. The number of carbonyl (C=O) groups is 4. The number of H-pyrrole nitrogens is 2. The number of carbonyl (C=O) groups excluding carboxylic acids is 4. The van der Waals surface area contributed by atoms with Crippen molar-refractivity contribution in [1.82, 2.24) is 41.2 Å². The SMILES string of the molecule is C=O.CCCNC.CCCc1ncc(-c2ccc(-c3ccc(-c4cnc(C(NC(=O)C(C)NC(=O)OC)C(C)C)[nH]4)cc3)cc2)[nH]1.CNC(=O)OC. The Kier molecular flexibility index (Phi) is 21.1. The normalized spacial score (nSPS) is 11.2. The Bertz CT molecular complexity index is 1590. The first-order valence-electron chi connectivity index (χ1n) is 17.2. The maximum absolute atomic E-state index is 12.6. The number of nitrogens with zero attached hydrogens (tertiary/aromatic N) is 2. The number of imidazole rings is 2. The van der Waals surface area contributed by atoms with E-state index in [0.29, 0.717) is 5.82 Å². The van der Waals surface area contributed by atoms with Crippen LogP contribution in [0, 0.1) is 5.92 Å². The van der Waals surface area contributed by atoms with Gasteiger partial charge in [-0.2, -0.15) is 0 Å². The van der Waals surface area contributed by atoms with Crippen LogP contribution in [0.4, 0.5) is 9.59 Å². The van der Waals surface area contributed by atoms with Gasteiger partial charge in [-0.3, -0.25) is 4.79 Å². The van der Waals surface area contributed by atoms with Crippen molar-refractivity contribution in [3.05, 3.63) is 72.6 Å². The maximum Gasteiger partial charge on any atom is 0.407 e. The van der Waals surface area contributed by atoms with E-state index in [0.717, 1.165) is 58.9 Å². The summed E-state index contributed by atoms with van der Waals surface area (Å²) in [5.41, 5.74) is 6.22. The minimum atomic E-state index is -0.743. The molecule has 14 nitrogen and oxygen atoms in total. The first-order chi connectivity index (χ1) is 25.0. The van der Waals surface area contributed by atoms with Crippen molar-refractivity contribution in [2.75, 3.05) is 34.9 Å². The largest absolute Gasteiger partial charge is 0.453 e. The zero-order valence-electron chi connectivity index (χ0n) is 31.9. The molecule has 4 aromatic rings. The molecule has 2 aromatic carbocycles. The van der Waals surface area contributed by atoms with Gasteiger partial charge in [0, 0.05) is 13.5 Å². The lowest BCUT2D eigenvalue weighted by atomic mass is 10.0. The van der Waals surface area contributed by atoms with Gasteiger partial charge in [-0.1, -0.05) is 76.2 Å². The van der Waals surface area contributed by atoms with Crippen LogP contribution in [-0.4, -0.2) is 85.7 Å². The van der Waals surface area contributed by atoms with Crippen LogP contribution in [-0.2, 0) is 25.5 Å². The molecule has 0 bridgehead atoms. The number of aryl methyl sites for hydroxylation is 1. The third-order valence-electron chi connectivity index (χ3n) is 7.50. The number of methoxy groups -OCH3 is 2. The highest BCUT2D eigenvalue weighted by atomic mass is 16.5. The topological polar surface area (TPSA) is 192 Å². The molecule has 0 aliphatic heterocycles. The number of alkyl carbamates (subject to hydrolysis) is 2. The van der Waals surface area contributed by atoms with Crippen LogP contribution in [0.5, 0.6) is 0 Å². The van der Waals surface area contributed by atoms with Crippen molar-refractivity contribution in [2.24, 2.45) is 5.92 Å². The van der Waals surface area contributed by atoms with Crippen LogP contribution >= 0.6 is 0 Å². The summed E-state index contributed by atoms with van der Waals surface area (Å²) < 4.78 is 8.73. The van der Waals surface area contributed by atoms with Crippen LogP contribution in [0.15, 0.2) is 60.9 Å². The van der Waals surface area contributed by atoms with Crippen molar-refractivity contribution in [3.8, 4) is 33.6 Å². The van der Waals surface area contributed by atoms with Crippen LogP contribution in [0.3, 0.4) is 0 Å². The highest BCUT2D eigenvalue weighted by molar-refractivity contribution is 5.85. The molecule has 0 saturated heterocycles. The van der Waals surface area contributed by atoms with Gasteiger partial charge in [0.05, 0.1) is 44.0 Å². The van der Waals surface area contributed by atoms with Gasteiger partial charge in [-0.05, 0) is 61.5 Å². The molecule has 0 aliphatic rings. The van der Waals surface area contributed by atoms with Gasteiger partial charge in [-0.25, -0.2) is 19.6 Å². The lowest BCUT2D eigenvalue weighted by Gasteiger charge is -2.22. The minimum Gasteiger partial charge on any atom is -0.453 e. The molecule has 3 amide bonds. The maximum atomic E-state index is 12.6. The number of rotatable bonds is 12. The van der Waals surface area contributed by atoms with Crippen molar-refractivity contribution in [2.45, 2.75) is 66.0 Å². The highest BCUT2D eigenvalue weighted by Crippen LogP contribution is 2.28. The summed E-state index contributed by atoms with van der Waals surface area (Å²) in [7, 11) is 6.04. The second-order valence-corrected chi connectivity index (χ2v) is 11.8. The average molecular weight is 721 g/mol. The van der Waals surface area contributed by atoms with Gasteiger partial charge in [0.25, 0.3) is 0 Å². The van der Waals surface area contributed by atoms with Crippen molar-refractivity contribution < 1.29 is 28.7 Å². The molecule has 2 atom stereocenters. The molecule has 0 saturated carbocycles. The van der Waals surface area contributed by atoms with Gasteiger partial charge < -0.3 is 45.5 Å². The summed E-state index contributed by atoms with van der Waals surface area (Å²) in [4.78, 5) is 57.7. The molecule has 6 N–H and O–H groups in total. The first kappa shape index (κ1) is 44.5. The molecule has 0 aliphatic carbocycles. The molecule has 2 heterocycles. The molecule has 14 heteroatoms. The summed E-state index contributed by atoms with van der Waals surface area (Å²) in [5.74, 6) is 1.42. The van der Waals surface area contributed by atoms with Crippen LogP contribution in [0.2, 0.25) is 0 Å². The standard InChI is InChI=1S/C30H36N6O3.C4H11N.C3H7NO2.CH2O/c1-6-7-26-31-16-24(34-26)22-12-8-20(9-13-22)21-10-14-23(15-11-21)25-17-32-28(35-25)27(18(2)3)36-29(37)19(4)33-30(38)39-5;1-3-4-5-2;1-4-3(5)6-2;1-2/h8-19,27H,6-7H2,1-5H3,(H,31,34)(H,32,35)(H,33,38)(H,36,37);5H,3-4H2,1-2H3;1-2H3,(H,4,5);1H2. The zero-order valence-corrected chi connectivity index (χ0v) is 31.9. The van der Waals surface area contributed by atoms with Crippen LogP contribution in [0.1, 0.15) is 65.2 Å². The quantitative estimate of drug-likeness (QED) is 0.101. The number of nitrogens with one attached hydrogen (secondary N) is 6. The van der Waals surface area contributed by atoms with E-state index in [-0.39, 0.29) is 17.9 Å². The second-order valence-electron chi connectivity index (χ2n) is 11.8. The second kappa shape index (κ2) is 24.6. The molecule has 2 aromatic heterocycles. The van der Waals surface area contributed by atoms with Gasteiger partial charge in [0.1, 0.15) is 24.5 Å². The first-order valence-corrected chi connectivity index (χ1v) is 17.2. The van der Waals surface area contributed by atoms with Crippen molar-refractivity contribution in [1.29, 1.82) is 0 Å². The molecule has 4 rings (SSSR count). The van der Waals surface area contributed by atoms with E-state index in [9.17, 15) is 14.4 Å². The third kappa shape index (κ3) is 14.8.